The predicted molar refractivity (Wildman–Crippen MR) is 254 cm³/mol. The molecule has 0 saturated carbocycles. The Labute approximate surface area is 361 Å². The molecule has 3 nitrogen and oxygen atoms in total. The molecule has 2 heterocycles. The number of para-hydroxylation sites is 2. The van der Waals surface area contributed by atoms with Crippen molar-refractivity contribution in [1.82, 2.24) is 9.97 Å². The topological polar surface area (TPSA) is 35.0 Å². The fourth-order valence-electron chi connectivity index (χ4n) is 10.2. The zero-order chi connectivity index (χ0) is 41.4. The fraction of sp³-hybridized carbons (Fsp3) is 0.0508. The van der Waals surface area contributed by atoms with Crippen LogP contribution in [0, 0.1) is 13.8 Å². The molecule has 1 aliphatic carbocycles. The zero-order valence-corrected chi connectivity index (χ0v) is 34.4. The van der Waals surface area contributed by atoms with Crippen LogP contribution in [0.4, 0.5) is 0 Å². The van der Waals surface area contributed by atoms with E-state index in [1.165, 1.54) is 72.0 Å². The number of rotatable bonds is 5. The maximum Gasteiger partial charge on any atom is 0.132 e. The van der Waals surface area contributed by atoms with Gasteiger partial charge >= 0.3 is 0 Å². The number of ether oxygens (including phenoxy) is 1. The molecule has 62 heavy (non-hydrogen) atoms. The molecule has 10 aromatic rings. The molecule has 2 aliphatic rings. The Hall–Kier alpha value is -7.88. The van der Waals surface area contributed by atoms with Crippen molar-refractivity contribution in [3.8, 4) is 78.5 Å². The summed E-state index contributed by atoms with van der Waals surface area (Å²) in [5, 5.41) is 2.37. The lowest BCUT2D eigenvalue weighted by Gasteiger charge is -2.39. The molecule has 12 rings (SSSR count). The lowest BCUT2D eigenvalue weighted by Crippen LogP contribution is -2.32. The van der Waals surface area contributed by atoms with Crippen LogP contribution in [-0.2, 0) is 5.41 Å². The Balaban J connectivity index is 1.05. The predicted octanol–water partition coefficient (Wildman–Crippen LogP) is 15.1. The molecule has 0 saturated heterocycles. The largest absolute Gasteiger partial charge is 0.457 e. The first-order valence-electron chi connectivity index (χ1n) is 21.3. The Bertz CT molecular complexity index is 3370. The first-order valence-corrected chi connectivity index (χ1v) is 21.3. The van der Waals surface area contributed by atoms with Gasteiger partial charge in [0.2, 0.25) is 0 Å². The maximum absolute atomic E-state index is 6.70. The van der Waals surface area contributed by atoms with Crippen LogP contribution >= 0.6 is 0 Å². The second-order valence-electron chi connectivity index (χ2n) is 16.6. The van der Waals surface area contributed by atoms with Gasteiger partial charge in [-0.25, -0.2) is 9.97 Å². The van der Waals surface area contributed by atoms with E-state index in [1.807, 2.05) is 6.92 Å². The summed E-state index contributed by atoms with van der Waals surface area (Å²) in [6.45, 7) is 4.19. The highest BCUT2D eigenvalue weighted by Crippen LogP contribution is 2.62. The van der Waals surface area contributed by atoms with Crippen molar-refractivity contribution in [2.45, 2.75) is 19.3 Å². The van der Waals surface area contributed by atoms with E-state index in [0.717, 1.165) is 51.0 Å². The summed E-state index contributed by atoms with van der Waals surface area (Å²) in [7, 11) is 0. The highest BCUT2D eigenvalue weighted by atomic mass is 16.5. The van der Waals surface area contributed by atoms with Crippen molar-refractivity contribution in [3.63, 3.8) is 0 Å². The number of nitrogens with zero attached hydrogens (tertiary/aromatic N) is 2. The summed E-state index contributed by atoms with van der Waals surface area (Å²) >= 11 is 0. The third-order valence-electron chi connectivity index (χ3n) is 13.0. The molecule has 0 unspecified atom stereocenters. The van der Waals surface area contributed by atoms with Gasteiger partial charge in [0, 0.05) is 22.3 Å². The van der Waals surface area contributed by atoms with E-state index in [-0.39, 0.29) is 0 Å². The highest BCUT2D eigenvalue weighted by Gasteiger charge is 2.51. The van der Waals surface area contributed by atoms with E-state index in [4.69, 9.17) is 14.7 Å². The summed E-state index contributed by atoms with van der Waals surface area (Å²) in [5.41, 5.74) is 19.0. The molecular weight excluding hydrogens is 753 g/mol. The Morgan fingerprint density at radius 1 is 0.355 bits per heavy atom. The lowest BCUT2D eigenvalue weighted by molar-refractivity contribution is 0.436. The average Bonchev–Trinajstić information content (AvgIpc) is 3.61. The SMILES string of the molecule is Cc1nc(-c2ccc3c(c2)-c2ccc(-c4cccc(-c5cc(-c6ccccc6)ccc5C)c4)cc2C32c3ccccc3Oc3ccccc32)cc(-c2cccc3ccccc23)n1. The number of hydrogen-bond donors (Lipinski definition) is 0. The average molecular weight is 793 g/mol. The molecular formula is C59H40N2O. The van der Waals surface area contributed by atoms with Crippen molar-refractivity contribution in [3.05, 3.63) is 240 Å². The Morgan fingerprint density at radius 3 is 1.81 bits per heavy atom. The second-order valence-corrected chi connectivity index (χ2v) is 16.6. The molecule has 0 N–H and O–H groups in total. The van der Waals surface area contributed by atoms with Crippen molar-refractivity contribution < 1.29 is 4.74 Å². The third-order valence-corrected chi connectivity index (χ3v) is 13.0. The van der Waals surface area contributed by atoms with Crippen LogP contribution in [0.5, 0.6) is 11.5 Å². The number of benzene rings is 9. The van der Waals surface area contributed by atoms with Crippen LogP contribution in [0.1, 0.15) is 33.6 Å². The van der Waals surface area contributed by atoms with Crippen LogP contribution in [0.3, 0.4) is 0 Å². The zero-order valence-electron chi connectivity index (χ0n) is 34.4. The van der Waals surface area contributed by atoms with E-state index in [1.54, 1.807) is 0 Å². The Morgan fingerprint density at radius 2 is 0.968 bits per heavy atom. The smallest absolute Gasteiger partial charge is 0.132 e. The Kier molecular flexibility index (Phi) is 8.20. The van der Waals surface area contributed by atoms with Crippen molar-refractivity contribution in [2.75, 3.05) is 0 Å². The molecule has 9 aromatic carbocycles. The number of aryl methyl sites for hydroxylation is 2. The highest BCUT2D eigenvalue weighted by molar-refractivity contribution is 5.97. The van der Waals surface area contributed by atoms with E-state index in [0.29, 0.717) is 0 Å². The summed E-state index contributed by atoms with van der Waals surface area (Å²) in [5.74, 6) is 2.49. The first-order chi connectivity index (χ1) is 30.5. The molecule has 1 aliphatic heterocycles. The molecule has 0 amide bonds. The van der Waals surface area contributed by atoms with Crippen LogP contribution in [0.2, 0.25) is 0 Å². The molecule has 0 bridgehead atoms. The van der Waals surface area contributed by atoms with Gasteiger partial charge in [-0.1, -0.05) is 164 Å². The minimum absolute atomic E-state index is 0.613. The van der Waals surface area contributed by atoms with Crippen molar-refractivity contribution in [1.29, 1.82) is 0 Å². The van der Waals surface area contributed by atoms with Gasteiger partial charge < -0.3 is 4.74 Å². The standard InChI is InChI=1S/C59H40N2O/c1-37-26-27-42(39-14-4-3-5-15-39)33-49(37)44-19-12-18-41(32-44)43-28-30-47-50-34-45(55-36-56(61-38(2)60-55)48-21-13-17-40-16-6-7-20-46(40)48)29-31-51(50)59(54(47)35-43)52-22-8-10-24-57(52)62-58-25-11-9-23-53(58)59/h3-36H,1-2H3. The molecule has 1 spiro atoms. The monoisotopic (exact) mass is 792 g/mol. The van der Waals surface area contributed by atoms with Crippen LogP contribution in [-0.4, -0.2) is 9.97 Å². The van der Waals surface area contributed by atoms with Gasteiger partial charge in [-0.2, -0.15) is 0 Å². The van der Waals surface area contributed by atoms with Gasteiger partial charge in [-0.3, -0.25) is 0 Å². The summed E-state index contributed by atoms with van der Waals surface area (Å²) < 4.78 is 6.70. The van der Waals surface area contributed by atoms with Gasteiger partial charge in [0.25, 0.3) is 0 Å². The van der Waals surface area contributed by atoms with Crippen molar-refractivity contribution in [2.24, 2.45) is 0 Å². The van der Waals surface area contributed by atoms with Gasteiger partial charge in [0.05, 0.1) is 16.8 Å². The number of fused-ring (bicyclic) bond motifs is 10. The molecule has 3 heteroatoms. The van der Waals surface area contributed by atoms with Gasteiger partial charge in [0.15, 0.2) is 0 Å². The molecule has 1 aromatic heterocycles. The number of hydrogen-bond acceptors (Lipinski definition) is 3. The van der Waals surface area contributed by atoms with Crippen molar-refractivity contribution >= 4 is 10.8 Å². The van der Waals surface area contributed by atoms with E-state index in [9.17, 15) is 0 Å². The maximum atomic E-state index is 6.70. The van der Waals surface area contributed by atoms with Gasteiger partial charge in [-0.05, 0) is 128 Å². The van der Waals surface area contributed by atoms with Crippen LogP contribution in [0.15, 0.2) is 206 Å². The molecule has 0 radical (unpaired) electrons. The second kappa shape index (κ2) is 14.1. The lowest BCUT2D eigenvalue weighted by atomic mass is 9.66. The first kappa shape index (κ1) is 36.0. The minimum atomic E-state index is -0.613. The van der Waals surface area contributed by atoms with E-state index < -0.39 is 5.41 Å². The van der Waals surface area contributed by atoms with E-state index >= 15 is 0 Å². The van der Waals surface area contributed by atoms with Crippen LogP contribution in [0.25, 0.3) is 77.8 Å². The summed E-state index contributed by atoms with van der Waals surface area (Å²) in [4.78, 5) is 10.0. The van der Waals surface area contributed by atoms with Gasteiger partial charge in [-0.15, -0.1) is 0 Å². The van der Waals surface area contributed by atoms with E-state index in [2.05, 4.69) is 213 Å². The van der Waals surface area contributed by atoms with Gasteiger partial charge in [0.1, 0.15) is 17.3 Å². The molecule has 0 atom stereocenters. The normalized spacial score (nSPS) is 12.9. The fourth-order valence-corrected chi connectivity index (χ4v) is 10.2. The summed E-state index contributed by atoms with van der Waals surface area (Å²) in [6, 6.07) is 74.7. The number of aromatic nitrogens is 2. The van der Waals surface area contributed by atoms with Crippen LogP contribution < -0.4 is 4.74 Å². The third kappa shape index (κ3) is 5.59. The summed E-state index contributed by atoms with van der Waals surface area (Å²) in [6.07, 6.45) is 0. The molecule has 292 valence electrons. The molecule has 0 fully saturated rings. The quantitative estimate of drug-likeness (QED) is 0.174. The minimum Gasteiger partial charge on any atom is -0.457 e.